The molecule has 0 aromatic heterocycles. The number of carboxylic acid groups (broad SMARTS) is 1. The number of rotatable bonds is 2. The van der Waals surface area contributed by atoms with E-state index in [1.807, 2.05) is 26.0 Å². The molecule has 5 nitrogen and oxygen atoms in total. The molecule has 0 spiro atoms. The van der Waals surface area contributed by atoms with Gasteiger partial charge in [-0.15, -0.1) is 0 Å². The highest BCUT2D eigenvalue weighted by Crippen LogP contribution is 2.44. The van der Waals surface area contributed by atoms with Gasteiger partial charge in [0.1, 0.15) is 17.7 Å². The van der Waals surface area contributed by atoms with E-state index in [0.717, 1.165) is 31.6 Å². The number of carbonyl (C=O) groups is 1. The number of carboxylic acids is 1. The van der Waals surface area contributed by atoms with Crippen molar-refractivity contribution in [3.63, 3.8) is 0 Å². The topological polar surface area (TPSA) is 88.1 Å². The first-order chi connectivity index (χ1) is 9.89. The molecule has 0 aromatic carbocycles. The maximum atomic E-state index is 11.7. The van der Waals surface area contributed by atoms with Gasteiger partial charge in [0.05, 0.1) is 5.57 Å². The van der Waals surface area contributed by atoms with Crippen molar-refractivity contribution in [1.29, 1.82) is 10.5 Å². The number of hydrogen-bond acceptors (Lipinski definition) is 4. The maximum Gasteiger partial charge on any atom is 0.337 e. The summed E-state index contributed by atoms with van der Waals surface area (Å²) in [5.74, 6) is -1.04. The zero-order valence-corrected chi connectivity index (χ0v) is 12.4. The van der Waals surface area contributed by atoms with E-state index in [1.54, 1.807) is 0 Å². The van der Waals surface area contributed by atoms with Gasteiger partial charge in [-0.25, -0.2) is 4.79 Å². The summed E-state index contributed by atoms with van der Waals surface area (Å²) < 4.78 is 0. The first-order valence-electron chi connectivity index (χ1n) is 7.15. The minimum atomic E-state index is -1.04. The van der Waals surface area contributed by atoms with E-state index in [0.29, 0.717) is 18.4 Å². The van der Waals surface area contributed by atoms with Crippen molar-refractivity contribution in [2.24, 2.45) is 5.41 Å². The third-order valence-electron chi connectivity index (χ3n) is 4.12. The van der Waals surface area contributed by atoms with E-state index in [-0.39, 0.29) is 16.6 Å². The van der Waals surface area contributed by atoms with Gasteiger partial charge in [-0.05, 0) is 36.7 Å². The van der Waals surface area contributed by atoms with E-state index in [1.165, 1.54) is 0 Å². The number of likely N-dealkylation sites (tertiary alicyclic amines) is 1. The van der Waals surface area contributed by atoms with E-state index in [2.05, 4.69) is 4.90 Å². The lowest BCUT2D eigenvalue weighted by molar-refractivity contribution is -0.132. The SMILES string of the molecule is CC1(C)CC(=C(C#N)C#N)C(C(=O)O)=C(N2CCCC2)C1. The Balaban J connectivity index is 2.66. The molecular formula is C16H19N3O2. The third-order valence-corrected chi connectivity index (χ3v) is 4.12. The first-order valence-corrected chi connectivity index (χ1v) is 7.15. The van der Waals surface area contributed by atoms with Gasteiger partial charge in [-0.2, -0.15) is 10.5 Å². The molecule has 1 aliphatic heterocycles. The second-order valence-electron chi connectivity index (χ2n) is 6.42. The van der Waals surface area contributed by atoms with Crippen molar-refractivity contribution >= 4 is 5.97 Å². The van der Waals surface area contributed by atoms with Gasteiger partial charge in [-0.1, -0.05) is 13.8 Å². The Bertz CT molecular complexity index is 592. The lowest BCUT2D eigenvalue weighted by Gasteiger charge is -2.37. The summed E-state index contributed by atoms with van der Waals surface area (Å²) in [7, 11) is 0. The molecule has 1 aliphatic carbocycles. The number of nitriles is 2. The lowest BCUT2D eigenvalue weighted by Crippen LogP contribution is -2.32. The number of allylic oxidation sites excluding steroid dienone is 2. The lowest BCUT2D eigenvalue weighted by atomic mass is 9.72. The molecule has 1 heterocycles. The number of hydrogen-bond donors (Lipinski definition) is 1. The fourth-order valence-electron chi connectivity index (χ4n) is 3.23. The third kappa shape index (κ3) is 2.92. The summed E-state index contributed by atoms with van der Waals surface area (Å²) in [6.45, 7) is 5.80. The van der Waals surface area contributed by atoms with E-state index in [4.69, 9.17) is 10.5 Å². The van der Waals surface area contributed by atoms with Crippen molar-refractivity contribution < 1.29 is 9.90 Å². The van der Waals surface area contributed by atoms with Crippen LogP contribution in [0, 0.1) is 28.1 Å². The van der Waals surface area contributed by atoms with Crippen molar-refractivity contribution in [3.8, 4) is 12.1 Å². The molecule has 110 valence electrons. The fourth-order valence-corrected chi connectivity index (χ4v) is 3.23. The Morgan fingerprint density at radius 3 is 2.24 bits per heavy atom. The predicted octanol–water partition coefficient (Wildman–Crippen LogP) is 2.58. The molecule has 0 saturated carbocycles. The molecule has 2 rings (SSSR count). The Kier molecular flexibility index (Phi) is 4.04. The van der Waals surface area contributed by atoms with E-state index in [9.17, 15) is 9.90 Å². The van der Waals surface area contributed by atoms with Crippen LogP contribution >= 0.6 is 0 Å². The predicted molar refractivity (Wildman–Crippen MR) is 76.7 cm³/mol. The fraction of sp³-hybridized carbons (Fsp3) is 0.562. The van der Waals surface area contributed by atoms with Crippen LogP contribution in [0.2, 0.25) is 0 Å². The van der Waals surface area contributed by atoms with Crippen LogP contribution in [0.5, 0.6) is 0 Å². The summed E-state index contributed by atoms with van der Waals surface area (Å²) in [5.41, 5.74) is 1.14. The highest BCUT2D eigenvalue weighted by Gasteiger charge is 2.37. The smallest absolute Gasteiger partial charge is 0.337 e. The molecule has 1 saturated heterocycles. The Morgan fingerprint density at radius 1 is 1.19 bits per heavy atom. The first kappa shape index (κ1) is 15.1. The second kappa shape index (κ2) is 5.61. The second-order valence-corrected chi connectivity index (χ2v) is 6.42. The van der Waals surface area contributed by atoms with Crippen molar-refractivity contribution in [2.45, 2.75) is 39.5 Å². The summed E-state index contributed by atoms with van der Waals surface area (Å²) in [6.07, 6.45) is 3.23. The molecule has 21 heavy (non-hydrogen) atoms. The average molecular weight is 285 g/mol. The molecular weight excluding hydrogens is 266 g/mol. The summed E-state index contributed by atoms with van der Waals surface area (Å²) in [6, 6.07) is 3.72. The standard InChI is InChI=1S/C16H19N3O2/c1-16(2)7-12(11(9-17)10-18)14(15(20)21)13(8-16)19-5-3-4-6-19/h3-8H2,1-2H3,(H,20,21). The molecule has 2 aliphatic rings. The van der Waals surface area contributed by atoms with Crippen LogP contribution in [0.4, 0.5) is 0 Å². The van der Waals surface area contributed by atoms with Gasteiger partial charge >= 0.3 is 5.97 Å². The van der Waals surface area contributed by atoms with Crippen LogP contribution in [0.15, 0.2) is 22.4 Å². The minimum absolute atomic E-state index is 0.0723. The Hall–Kier alpha value is -2.27. The zero-order valence-electron chi connectivity index (χ0n) is 12.4. The largest absolute Gasteiger partial charge is 0.478 e. The van der Waals surface area contributed by atoms with Gasteiger partial charge in [0.15, 0.2) is 0 Å². The maximum absolute atomic E-state index is 11.7. The van der Waals surface area contributed by atoms with Crippen LogP contribution in [0.1, 0.15) is 39.5 Å². The molecule has 0 bridgehead atoms. The van der Waals surface area contributed by atoms with Crippen LogP contribution < -0.4 is 0 Å². The Labute approximate surface area is 124 Å². The molecule has 0 radical (unpaired) electrons. The van der Waals surface area contributed by atoms with Crippen LogP contribution in [0.25, 0.3) is 0 Å². The molecule has 5 heteroatoms. The monoisotopic (exact) mass is 285 g/mol. The van der Waals surface area contributed by atoms with Gasteiger partial charge in [0.2, 0.25) is 0 Å². The molecule has 0 atom stereocenters. The number of aliphatic carboxylic acids is 1. The van der Waals surface area contributed by atoms with E-state index >= 15 is 0 Å². The quantitative estimate of drug-likeness (QED) is 0.788. The average Bonchev–Trinajstić information content (AvgIpc) is 2.91. The zero-order chi connectivity index (χ0) is 15.6. The number of nitrogens with zero attached hydrogens (tertiary/aromatic N) is 3. The van der Waals surface area contributed by atoms with Crippen LogP contribution in [-0.4, -0.2) is 29.1 Å². The van der Waals surface area contributed by atoms with Crippen LogP contribution in [0.3, 0.4) is 0 Å². The molecule has 1 fully saturated rings. The highest BCUT2D eigenvalue weighted by molar-refractivity contribution is 5.94. The van der Waals surface area contributed by atoms with Crippen molar-refractivity contribution in [3.05, 3.63) is 22.4 Å². The summed E-state index contributed by atoms with van der Waals surface area (Å²) in [4.78, 5) is 13.8. The van der Waals surface area contributed by atoms with Gasteiger partial charge in [0, 0.05) is 18.8 Å². The minimum Gasteiger partial charge on any atom is -0.478 e. The van der Waals surface area contributed by atoms with Gasteiger partial charge < -0.3 is 10.0 Å². The van der Waals surface area contributed by atoms with Crippen molar-refractivity contribution in [2.75, 3.05) is 13.1 Å². The van der Waals surface area contributed by atoms with Crippen LogP contribution in [-0.2, 0) is 4.79 Å². The van der Waals surface area contributed by atoms with Gasteiger partial charge in [-0.3, -0.25) is 0 Å². The van der Waals surface area contributed by atoms with Gasteiger partial charge in [0.25, 0.3) is 0 Å². The molecule has 0 amide bonds. The summed E-state index contributed by atoms with van der Waals surface area (Å²) in [5, 5.41) is 27.9. The molecule has 1 N–H and O–H groups in total. The highest BCUT2D eigenvalue weighted by atomic mass is 16.4. The molecule has 0 unspecified atom stereocenters. The normalized spacial score (nSPS) is 21.0. The van der Waals surface area contributed by atoms with Crippen molar-refractivity contribution in [1.82, 2.24) is 4.90 Å². The Morgan fingerprint density at radius 2 is 1.76 bits per heavy atom. The molecule has 0 aromatic rings. The van der Waals surface area contributed by atoms with E-state index < -0.39 is 5.97 Å². The summed E-state index contributed by atoms with van der Waals surface area (Å²) >= 11 is 0.